The summed E-state index contributed by atoms with van der Waals surface area (Å²) >= 11 is 0. The highest BCUT2D eigenvalue weighted by molar-refractivity contribution is 5.95. The molecule has 6 heteroatoms. The van der Waals surface area contributed by atoms with Crippen molar-refractivity contribution in [1.82, 2.24) is 10.6 Å². The van der Waals surface area contributed by atoms with Gasteiger partial charge in [-0.25, -0.2) is 0 Å². The predicted octanol–water partition coefficient (Wildman–Crippen LogP) is 1.56. The molecule has 0 radical (unpaired) electrons. The van der Waals surface area contributed by atoms with Crippen LogP contribution in [0.4, 0.5) is 0 Å². The summed E-state index contributed by atoms with van der Waals surface area (Å²) in [6, 6.07) is 2.54. The zero-order valence-corrected chi connectivity index (χ0v) is 13.7. The van der Waals surface area contributed by atoms with E-state index < -0.39 is 11.9 Å². The summed E-state index contributed by atoms with van der Waals surface area (Å²) in [6.45, 7) is 8.18. The monoisotopic (exact) mass is 310 g/mol. The van der Waals surface area contributed by atoms with Gasteiger partial charge in [0.25, 0.3) is 5.91 Å². The van der Waals surface area contributed by atoms with Gasteiger partial charge in [0, 0.05) is 13.2 Å². The van der Waals surface area contributed by atoms with Crippen LogP contribution in [0.5, 0.6) is 0 Å². The molecule has 1 unspecified atom stereocenters. The highest BCUT2D eigenvalue weighted by Crippen LogP contribution is 2.18. The molecule has 0 aliphatic carbocycles. The fourth-order valence-corrected chi connectivity index (χ4v) is 1.98. The highest BCUT2D eigenvalue weighted by Gasteiger charge is 2.27. The van der Waals surface area contributed by atoms with Gasteiger partial charge in [0.2, 0.25) is 5.91 Å². The van der Waals surface area contributed by atoms with Gasteiger partial charge < -0.3 is 20.2 Å². The van der Waals surface area contributed by atoms with E-state index in [0.29, 0.717) is 13.0 Å². The molecule has 0 fully saturated rings. The fourth-order valence-electron chi connectivity index (χ4n) is 1.98. The minimum atomic E-state index is -0.637. The number of hydrogen-bond acceptors (Lipinski definition) is 4. The molecule has 22 heavy (non-hydrogen) atoms. The van der Waals surface area contributed by atoms with E-state index in [-0.39, 0.29) is 29.6 Å². The molecule has 6 nitrogen and oxygen atoms in total. The first-order valence-electron chi connectivity index (χ1n) is 7.50. The Morgan fingerprint density at radius 3 is 2.55 bits per heavy atom. The van der Waals surface area contributed by atoms with E-state index in [1.165, 1.54) is 6.26 Å². The van der Waals surface area contributed by atoms with Crippen molar-refractivity contribution in [3.8, 4) is 0 Å². The average molecular weight is 310 g/mol. The molecule has 124 valence electrons. The van der Waals surface area contributed by atoms with Gasteiger partial charge in [0.15, 0.2) is 5.76 Å². The molecule has 0 spiro atoms. The molecule has 0 aromatic carbocycles. The molecule has 1 atom stereocenters. The Balaban J connectivity index is 2.63. The SMILES string of the molecule is CC(C)C(NC(=O)c1ccco1)C(=O)NCC(C)(C)CCO. The lowest BCUT2D eigenvalue weighted by atomic mass is 9.89. The first-order valence-corrected chi connectivity index (χ1v) is 7.50. The zero-order chi connectivity index (χ0) is 16.8. The largest absolute Gasteiger partial charge is 0.459 e. The maximum absolute atomic E-state index is 12.3. The Labute approximate surface area is 131 Å². The Kier molecular flexibility index (Phi) is 6.61. The average Bonchev–Trinajstić information content (AvgIpc) is 2.95. The quantitative estimate of drug-likeness (QED) is 0.679. The summed E-state index contributed by atoms with van der Waals surface area (Å²) < 4.78 is 5.03. The lowest BCUT2D eigenvalue weighted by Gasteiger charge is -2.27. The van der Waals surface area contributed by atoms with Crippen molar-refractivity contribution in [3.05, 3.63) is 24.2 Å². The van der Waals surface area contributed by atoms with Crippen LogP contribution in [0.1, 0.15) is 44.7 Å². The Morgan fingerprint density at radius 2 is 2.05 bits per heavy atom. The third kappa shape index (κ3) is 5.52. The molecular weight excluding hydrogens is 284 g/mol. The highest BCUT2D eigenvalue weighted by atomic mass is 16.3. The van der Waals surface area contributed by atoms with E-state index in [2.05, 4.69) is 10.6 Å². The minimum absolute atomic E-state index is 0.0557. The van der Waals surface area contributed by atoms with Crippen molar-refractivity contribution in [1.29, 1.82) is 0 Å². The number of rotatable bonds is 8. The molecule has 1 aromatic rings. The van der Waals surface area contributed by atoms with Crippen molar-refractivity contribution in [2.24, 2.45) is 11.3 Å². The standard InChI is InChI=1S/C16H26N2O4/c1-11(2)13(18-14(20)12-6-5-9-22-12)15(21)17-10-16(3,4)7-8-19/h5-6,9,11,13,19H,7-8,10H2,1-4H3,(H,17,21)(H,18,20). The van der Waals surface area contributed by atoms with Gasteiger partial charge in [-0.15, -0.1) is 0 Å². The molecule has 1 rings (SSSR count). The van der Waals surface area contributed by atoms with E-state index in [1.807, 2.05) is 27.7 Å². The molecule has 1 aromatic heterocycles. The van der Waals surface area contributed by atoms with Crippen LogP contribution in [-0.4, -0.2) is 36.1 Å². The van der Waals surface area contributed by atoms with Gasteiger partial charge in [-0.3, -0.25) is 9.59 Å². The Morgan fingerprint density at radius 1 is 1.36 bits per heavy atom. The van der Waals surface area contributed by atoms with E-state index >= 15 is 0 Å². The number of furan rings is 1. The van der Waals surface area contributed by atoms with Crippen molar-refractivity contribution in [3.63, 3.8) is 0 Å². The number of carbonyl (C=O) groups excluding carboxylic acids is 2. The van der Waals surface area contributed by atoms with Gasteiger partial charge in [0.1, 0.15) is 6.04 Å². The second-order valence-electron chi connectivity index (χ2n) is 6.53. The van der Waals surface area contributed by atoms with Gasteiger partial charge in [0.05, 0.1) is 6.26 Å². The summed E-state index contributed by atoms with van der Waals surface area (Å²) in [4.78, 5) is 24.3. The fraction of sp³-hybridized carbons (Fsp3) is 0.625. The number of amides is 2. The van der Waals surface area contributed by atoms with Gasteiger partial charge in [-0.05, 0) is 29.9 Å². The number of hydrogen-bond donors (Lipinski definition) is 3. The summed E-state index contributed by atoms with van der Waals surface area (Å²) in [6.07, 6.45) is 2.01. The van der Waals surface area contributed by atoms with Crippen LogP contribution in [0, 0.1) is 11.3 Å². The first-order chi connectivity index (χ1) is 10.3. The summed E-state index contributed by atoms with van der Waals surface area (Å²) in [5.41, 5.74) is -0.197. The van der Waals surface area contributed by atoms with Crippen LogP contribution >= 0.6 is 0 Å². The molecule has 3 N–H and O–H groups in total. The van der Waals surface area contributed by atoms with Crippen LogP contribution in [-0.2, 0) is 4.79 Å². The van der Waals surface area contributed by atoms with E-state index in [4.69, 9.17) is 9.52 Å². The smallest absolute Gasteiger partial charge is 0.287 e. The van der Waals surface area contributed by atoms with Crippen LogP contribution in [0.2, 0.25) is 0 Å². The van der Waals surface area contributed by atoms with Crippen molar-refractivity contribution < 1.29 is 19.1 Å². The third-order valence-corrected chi connectivity index (χ3v) is 3.51. The maximum atomic E-state index is 12.3. The van der Waals surface area contributed by atoms with Crippen LogP contribution in [0.25, 0.3) is 0 Å². The van der Waals surface area contributed by atoms with Crippen molar-refractivity contribution in [2.75, 3.05) is 13.2 Å². The molecule has 0 aliphatic rings. The molecule has 0 aliphatic heterocycles. The van der Waals surface area contributed by atoms with E-state index in [1.54, 1.807) is 12.1 Å². The number of aliphatic hydroxyl groups excluding tert-OH is 1. The number of carbonyl (C=O) groups is 2. The van der Waals surface area contributed by atoms with Gasteiger partial charge >= 0.3 is 0 Å². The second-order valence-corrected chi connectivity index (χ2v) is 6.53. The van der Waals surface area contributed by atoms with Gasteiger partial charge in [-0.2, -0.15) is 0 Å². The van der Waals surface area contributed by atoms with Crippen molar-refractivity contribution in [2.45, 2.75) is 40.2 Å². The first kappa shape index (κ1) is 18.2. The second kappa shape index (κ2) is 7.98. The molecule has 0 saturated heterocycles. The zero-order valence-electron chi connectivity index (χ0n) is 13.7. The normalized spacial score (nSPS) is 13.0. The number of nitrogens with one attached hydrogen (secondary N) is 2. The molecule has 2 amide bonds. The van der Waals surface area contributed by atoms with Crippen LogP contribution in [0.15, 0.2) is 22.8 Å². The topological polar surface area (TPSA) is 91.6 Å². The number of aliphatic hydroxyl groups is 1. The molecule has 1 heterocycles. The maximum Gasteiger partial charge on any atom is 0.287 e. The third-order valence-electron chi connectivity index (χ3n) is 3.51. The summed E-state index contributed by atoms with van der Waals surface area (Å²) in [5, 5.41) is 14.5. The molecule has 0 bridgehead atoms. The van der Waals surface area contributed by atoms with E-state index in [9.17, 15) is 9.59 Å². The molecular formula is C16H26N2O4. The lowest BCUT2D eigenvalue weighted by Crippen LogP contribution is -2.51. The van der Waals surface area contributed by atoms with E-state index in [0.717, 1.165) is 0 Å². The Hall–Kier alpha value is -1.82. The predicted molar refractivity (Wildman–Crippen MR) is 83.3 cm³/mol. The van der Waals surface area contributed by atoms with Crippen LogP contribution in [0.3, 0.4) is 0 Å². The van der Waals surface area contributed by atoms with Gasteiger partial charge in [-0.1, -0.05) is 27.7 Å². The Bertz CT molecular complexity index is 480. The van der Waals surface area contributed by atoms with Crippen molar-refractivity contribution >= 4 is 11.8 Å². The molecule has 0 saturated carbocycles. The summed E-state index contributed by atoms with van der Waals surface area (Å²) in [5.74, 6) is -0.520. The summed E-state index contributed by atoms with van der Waals surface area (Å²) in [7, 11) is 0. The lowest BCUT2D eigenvalue weighted by molar-refractivity contribution is -0.124. The van der Waals surface area contributed by atoms with Crippen LogP contribution < -0.4 is 10.6 Å². The minimum Gasteiger partial charge on any atom is -0.459 e.